The summed E-state index contributed by atoms with van der Waals surface area (Å²) >= 11 is 6.07. The number of nitrogens with one attached hydrogen (secondary N) is 2. The van der Waals surface area contributed by atoms with Crippen LogP contribution in [0.25, 0.3) is 0 Å². The Morgan fingerprint density at radius 2 is 1.81 bits per heavy atom. The number of hydrogen-bond acceptors (Lipinski definition) is 8. The van der Waals surface area contributed by atoms with Crippen LogP contribution in [0.5, 0.6) is 0 Å². The van der Waals surface area contributed by atoms with Crippen LogP contribution in [0.3, 0.4) is 0 Å². The molecule has 198 valence electrons. The Morgan fingerprint density at radius 1 is 1.14 bits per heavy atom. The number of anilines is 1. The molecule has 2 atom stereocenters. The molecule has 13 heteroatoms. The van der Waals surface area contributed by atoms with Gasteiger partial charge in [0.2, 0.25) is 10.0 Å². The van der Waals surface area contributed by atoms with Gasteiger partial charge in [0.15, 0.2) is 5.78 Å². The zero-order valence-corrected chi connectivity index (χ0v) is 21.3. The van der Waals surface area contributed by atoms with Crippen molar-refractivity contribution in [1.29, 1.82) is 0 Å². The molecule has 0 radical (unpaired) electrons. The van der Waals surface area contributed by atoms with Crippen LogP contribution < -0.4 is 15.8 Å². The molecule has 0 aliphatic rings. The molecular formula is C24H24ClF2N3O6S. The van der Waals surface area contributed by atoms with E-state index in [9.17, 15) is 26.8 Å². The van der Waals surface area contributed by atoms with Crippen molar-refractivity contribution in [2.24, 2.45) is 5.14 Å². The lowest BCUT2D eigenvalue weighted by molar-refractivity contribution is 0.0468. The topological polar surface area (TPSA) is 141 Å². The van der Waals surface area contributed by atoms with Crippen molar-refractivity contribution in [3.63, 3.8) is 0 Å². The number of furan rings is 1. The van der Waals surface area contributed by atoms with E-state index >= 15 is 0 Å². The van der Waals surface area contributed by atoms with Gasteiger partial charge in [-0.2, -0.15) is 0 Å². The van der Waals surface area contributed by atoms with Crippen LogP contribution in [-0.2, 0) is 21.3 Å². The number of ketones is 1. The number of esters is 1. The molecule has 3 aromatic rings. The number of sulfonamides is 1. The van der Waals surface area contributed by atoms with E-state index in [0.29, 0.717) is 11.8 Å². The fraction of sp³-hybridized carbons (Fsp3) is 0.250. The maximum atomic E-state index is 13.4. The summed E-state index contributed by atoms with van der Waals surface area (Å²) in [7, 11) is -4.24. The van der Waals surface area contributed by atoms with Gasteiger partial charge in [-0.3, -0.25) is 4.79 Å². The Balaban J connectivity index is 1.71. The van der Waals surface area contributed by atoms with E-state index in [2.05, 4.69) is 10.6 Å². The van der Waals surface area contributed by atoms with Gasteiger partial charge in [0.1, 0.15) is 28.9 Å². The number of carbonyl (C=O) groups excluding carboxylic acids is 2. The smallest absolute Gasteiger partial charge is 0.340 e. The van der Waals surface area contributed by atoms with Gasteiger partial charge in [-0.15, -0.1) is 0 Å². The summed E-state index contributed by atoms with van der Waals surface area (Å²) in [4.78, 5) is 25.0. The molecule has 1 aromatic heterocycles. The second-order valence-corrected chi connectivity index (χ2v) is 10.2. The molecule has 0 saturated heterocycles. The largest absolute Gasteiger partial charge is 0.467 e. The first-order valence-electron chi connectivity index (χ1n) is 10.9. The van der Waals surface area contributed by atoms with E-state index in [1.807, 2.05) is 0 Å². The summed E-state index contributed by atoms with van der Waals surface area (Å²) in [6.07, 6.45) is 1.47. The fourth-order valence-corrected chi connectivity index (χ4v) is 4.56. The number of halogens is 3. The lowest BCUT2D eigenvalue weighted by Gasteiger charge is -2.20. The van der Waals surface area contributed by atoms with Crippen LogP contribution in [0.1, 0.15) is 40.3 Å². The third-order valence-electron chi connectivity index (χ3n) is 5.17. The van der Waals surface area contributed by atoms with Crippen LogP contribution in [0.4, 0.5) is 14.5 Å². The van der Waals surface area contributed by atoms with Crippen molar-refractivity contribution in [1.82, 2.24) is 5.32 Å². The van der Waals surface area contributed by atoms with Crippen LogP contribution in [0.2, 0.25) is 5.02 Å². The molecule has 0 fully saturated rings. The van der Waals surface area contributed by atoms with Crippen LogP contribution in [0.15, 0.2) is 58.0 Å². The minimum Gasteiger partial charge on any atom is -0.467 e. The molecule has 9 nitrogen and oxygen atoms in total. The molecule has 2 aromatic carbocycles. The lowest BCUT2D eigenvalue weighted by Crippen LogP contribution is -2.42. The molecule has 0 spiro atoms. The van der Waals surface area contributed by atoms with Crippen molar-refractivity contribution in [3.8, 4) is 0 Å². The highest BCUT2D eigenvalue weighted by molar-refractivity contribution is 7.89. The zero-order valence-electron chi connectivity index (χ0n) is 19.8. The van der Waals surface area contributed by atoms with Crippen molar-refractivity contribution < 1.29 is 35.9 Å². The molecule has 0 bridgehead atoms. The van der Waals surface area contributed by atoms with E-state index in [-0.39, 0.29) is 35.0 Å². The molecule has 1 unspecified atom stereocenters. The number of nitrogens with two attached hydrogens (primary N) is 1. The first-order chi connectivity index (χ1) is 17.3. The third-order valence-corrected chi connectivity index (χ3v) is 6.55. The highest BCUT2D eigenvalue weighted by Crippen LogP contribution is 2.29. The maximum absolute atomic E-state index is 13.4. The molecule has 0 aliphatic carbocycles. The van der Waals surface area contributed by atoms with Crippen molar-refractivity contribution in [2.75, 3.05) is 11.9 Å². The molecule has 3 rings (SSSR count). The molecule has 1 heterocycles. The second-order valence-electron chi connectivity index (χ2n) is 8.22. The van der Waals surface area contributed by atoms with Gasteiger partial charge >= 0.3 is 5.97 Å². The van der Waals surface area contributed by atoms with Crippen LogP contribution >= 0.6 is 11.6 Å². The Labute approximate surface area is 217 Å². The summed E-state index contributed by atoms with van der Waals surface area (Å²) in [6.45, 7) is 3.06. The summed E-state index contributed by atoms with van der Waals surface area (Å²) in [5.41, 5.74) is -0.117. The molecule has 0 saturated carbocycles. The predicted octanol–water partition coefficient (Wildman–Crippen LogP) is 3.88. The molecule has 0 aliphatic heterocycles. The van der Waals surface area contributed by atoms with Gasteiger partial charge in [0, 0.05) is 17.7 Å². The van der Waals surface area contributed by atoms with E-state index < -0.39 is 50.4 Å². The fourth-order valence-electron chi connectivity index (χ4n) is 3.46. The lowest BCUT2D eigenvalue weighted by atomic mass is 10.0. The van der Waals surface area contributed by atoms with Crippen molar-refractivity contribution >= 4 is 39.1 Å². The van der Waals surface area contributed by atoms with Gasteiger partial charge < -0.3 is 19.8 Å². The Kier molecular flexibility index (Phi) is 9.02. The number of primary sulfonamides is 1. The minimum atomic E-state index is -4.24. The summed E-state index contributed by atoms with van der Waals surface area (Å²) in [6, 6.07) is 6.70. The zero-order chi connectivity index (χ0) is 27.3. The normalized spacial score (nSPS) is 13.1. The number of rotatable bonds is 11. The number of Topliss-reactive ketones (excluding diaryl/α,β-unsaturated/α-hetero) is 1. The molecule has 4 N–H and O–H groups in total. The monoisotopic (exact) mass is 555 g/mol. The third kappa shape index (κ3) is 7.59. The molecule has 37 heavy (non-hydrogen) atoms. The van der Waals surface area contributed by atoms with Gasteiger partial charge in [-0.25, -0.2) is 27.1 Å². The average Bonchev–Trinajstić information content (AvgIpc) is 3.33. The van der Waals surface area contributed by atoms with Gasteiger partial charge in [0.05, 0.1) is 35.1 Å². The molecule has 0 amide bonds. The summed E-state index contributed by atoms with van der Waals surface area (Å²) in [5, 5.41) is 10.8. The quantitative estimate of drug-likeness (QED) is 0.239. The number of ether oxygens (including phenoxy) is 1. The SMILES string of the molecule is CC(COC(=O)c1cc(S(N)(=O)=O)c(Cl)cc1NCc1ccco1)N[C@@H](C)C(=O)c1cc(F)cc(F)c1. The Bertz CT molecular complexity index is 1380. The van der Waals surface area contributed by atoms with Crippen molar-refractivity contribution in [3.05, 3.63) is 82.3 Å². The summed E-state index contributed by atoms with van der Waals surface area (Å²) in [5.74, 6) is -2.66. The highest BCUT2D eigenvalue weighted by Gasteiger charge is 2.23. The number of benzene rings is 2. The second kappa shape index (κ2) is 11.8. The van der Waals surface area contributed by atoms with Gasteiger partial charge in [-0.1, -0.05) is 11.6 Å². The minimum absolute atomic E-state index is 0.147. The maximum Gasteiger partial charge on any atom is 0.340 e. The van der Waals surface area contributed by atoms with E-state index in [1.165, 1.54) is 19.3 Å². The number of hydrogen-bond donors (Lipinski definition) is 3. The van der Waals surface area contributed by atoms with Gasteiger partial charge in [-0.05, 0) is 50.2 Å². The van der Waals surface area contributed by atoms with E-state index in [1.54, 1.807) is 19.1 Å². The van der Waals surface area contributed by atoms with Gasteiger partial charge in [0.25, 0.3) is 0 Å². The van der Waals surface area contributed by atoms with Crippen LogP contribution in [-0.4, -0.2) is 38.9 Å². The molecular weight excluding hydrogens is 532 g/mol. The average molecular weight is 556 g/mol. The van der Waals surface area contributed by atoms with Crippen LogP contribution in [0, 0.1) is 11.6 Å². The number of carbonyl (C=O) groups is 2. The van der Waals surface area contributed by atoms with E-state index in [0.717, 1.165) is 18.2 Å². The van der Waals surface area contributed by atoms with E-state index in [4.69, 9.17) is 25.9 Å². The highest BCUT2D eigenvalue weighted by atomic mass is 35.5. The first-order valence-corrected chi connectivity index (χ1v) is 12.8. The first kappa shape index (κ1) is 28.3. The predicted molar refractivity (Wildman–Crippen MR) is 132 cm³/mol. The van der Waals surface area contributed by atoms with Crippen molar-refractivity contribution in [2.45, 2.75) is 37.4 Å². The Hall–Kier alpha value is -3.32. The Morgan fingerprint density at radius 3 is 2.41 bits per heavy atom. The summed E-state index contributed by atoms with van der Waals surface area (Å²) < 4.78 is 61.3. The standard InChI is InChI=1S/C24H24ClF2N3O6S/c1-13(30-14(2)23(31)15-6-16(26)8-17(27)7-15)12-36-24(32)19-9-22(37(28,33)34)20(25)10-21(19)29-11-18-4-3-5-35-18/h3-10,13-14,29-30H,11-12H2,1-2H3,(H2,28,33,34)/t13?,14-/m0/s1.